The number of aliphatic hydroxyl groups is 1. The standard InChI is InChI=1S/C30H26Cl5N3O4/c31-26-27(32)38(17-37-26)15-23-13-25(20-7-5-18(16-39)6-8-20)42-28(41-23)21-11-9-19(10-12-21)24-4-2-1-3-22(24)14-36-29(40)30(33,34)35/h1-12,17,23,25,28,39H,13-16H2,(H,36,40)/t23-,25+,28+/m1/s1. The van der Waals surface area contributed by atoms with Crippen molar-refractivity contribution in [2.45, 2.75) is 48.4 Å². The van der Waals surface area contributed by atoms with Gasteiger partial charge in [-0.15, -0.1) is 0 Å². The Labute approximate surface area is 268 Å². The van der Waals surface area contributed by atoms with Crippen molar-refractivity contribution in [1.29, 1.82) is 0 Å². The van der Waals surface area contributed by atoms with Gasteiger partial charge < -0.3 is 24.5 Å². The van der Waals surface area contributed by atoms with Gasteiger partial charge in [-0.3, -0.25) is 4.79 Å². The predicted molar refractivity (Wildman–Crippen MR) is 165 cm³/mol. The molecule has 12 heteroatoms. The van der Waals surface area contributed by atoms with Crippen molar-refractivity contribution in [2.75, 3.05) is 0 Å². The van der Waals surface area contributed by atoms with Gasteiger partial charge in [0.15, 0.2) is 11.4 Å². The summed E-state index contributed by atoms with van der Waals surface area (Å²) >= 11 is 29.5. The van der Waals surface area contributed by atoms with E-state index in [1.165, 1.54) is 0 Å². The molecule has 0 spiro atoms. The zero-order chi connectivity index (χ0) is 29.9. The quantitative estimate of drug-likeness (QED) is 0.189. The van der Waals surface area contributed by atoms with Crippen LogP contribution < -0.4 is 5.32 Å². The van der Waals surface area contributed by atoms with E-state index in [1.54, 1.807) is 10.9 Å². The molecule has 1 aromatic heterocycles. The molecule has 1 aliphatic heterocycles. The van der Waals surface area contributed by atoms with Crippen molar-refractivity contribution in [1.82, 2.24) is 14.9 Å². The van der Waals surface area contributed by atoms with E-state index in [9.17, 15) is 9.90 Å². The van der Waals surface area contributed by atoms with Crippen LogP contribution >= 0.6 is 58.0 Å². The summed E-state index contributed by atoms with van der Waals surface area (Å²) in [6, 6.07) is 23.2. The van der Waals surface area contributed by atoms with Crippen molar-refractivity contribution in [3.05, 3.63) is 112 Å². The summed E-state index contributed by atoms with van der Waals surface area (Å²) in [5.74, 6) is -0.696. The monoisotopic (exact) mass is 667 g/mol. The summed E-state index contributed by atoms with van der Waals surface area (Å²) in [5, 5.41) is 12.7. The average Bonchev–Trinajstić information content (AvgIpc) is 3.31. The van der Waals surface area contributed by atoms with Crippen LogP contribution in [0.15, 0.2) is 79.1 Å². The number of hydrogen-bond acceptors (Lipinski definition) is 5. The van der Waals surface area contributed by atoms with Crippen molar-refractivity contribution in [3.63, 3.8) is 0 Å². The first-order chi connectivity index (χ1) is 20.1. The van der Waals surface area contributed by atoms with E-state index >= 15 is 0 Å². The van der Waals surface area contributed by atoms with E-state index < -0.39 is 16.0 Å². The largest absolute Gasteiger partial charge is 0.392 e. The molecule has 3 atom stereocenters. The second-order valence-corrected chi connectivity index (χ2v) is 12.8. The Balaban J connectivity index is 1.37. The fourth-order valence-electron chi connectivity index (χ4n) is 4.77. The summed E-state index contributed by atoms with van der Waals surface area (Å²) < 4.78 is 12.6. The number of imidazole rings is 1. The first kappa shape index (κ1) is 31.1. The molecule has 2 N–H and O–H groups in total. The summed E-state index contributed by atoms with van der Waals surface area (Å²) in [4.78, 5) is 16.1. The van der Waals surface area contributed by atoms with Crippen LogP contribution in [-0.2, 0) is 34.0 Å². The Kier molecular flexibility index (Phi) is 10.0. The molecular weight excluding hydrogens is 644 g/mol. The SMILES string of the molecule is O=C(NCc1ccccc1-c1ccc([C@H]2O[C@@H](Cn3cnc(Cl)c3Cl)C[C@@H](c3ccc(CO)cc3)O2)cc1)C(Cl)(Cl)Cl. The number of rotatable bonds is 8. The smallest absolute Gasteiger partial charge is 0.272 e. The number of ether oxygens (including phenoxy) is 2. The normalized spacial score (nSPS) is 19.0. The molecule has 3 aromatic carbocycles. The van der Waals surface area contributed by atoms with E-state index in [4.69, 9.17) is 67.5 Å². The van der Waals surface area contributed by atoms with Crippen LogP contribution in [0.25, 0.3) is 11.1 Å². The molecule has 1 fully saturated rings. The van der Waals surface area contributed by atoms with Crippen molar-refractivity contribution in [3.8, 4) is 11.1 Å². The van der Waals surface area contributed by atoms with E-state index in [-0.39, 0.29) is 30.5 Å². The lowest BCUT2D eigenvalue weighted by Gasteiger charge is -2.36. The van der Waals surface area contributed by atoms with Crippen LogP contribution in [0.1, 0.15) is 41.1 Å². The molecular formula is C30H26Cl5N3O4. The van der Waals surface area contributed by atoms with Crippen LogP contribution in [0.3, 0.4) is 0 Å². The second kappa shape index (κ2) is 13.5. The number of carbonyl (C=O) groups excluding carboxylic acids is 1. The maximum Gasteiger partial charge on any atom is 0.272 e. The number of amides is 1. The van der Waals surface area contributed by atoms with Gasteiger partial charge in [-0.25, -0.2) is 4.98 Å². The van der Waals surface area contributed by atoms with Gasteiger partial charge in [0.2, 0.25) is 0 Å². The number of alkyl halides is 3. The van der Waals surface area contributed by atoms with Gasteiger partial charge in [0.1, 0.15) is 5.15 Å². The van der Waals surface area contributed by atoms with E-state index in [2.05, 4.69) is 10.3 Å². The van der Waals surface area contributed by atoms with E-state index in [0.29, 0.717) is 18.1 Å². The van der Waals surface area contributed by atoms with Crippen molar-refractivity contribution < 1.29 is 19.4 Å². The zero-order valence-corrected chi connectivity index (χ0v) is 25.8. The summed E-state index contributed by atoms with van der Waals surface area (Å²) in [6.07, 6.45) is 0.993. The Hall–Kier alpha value is -2.33. The van der Waals surface area contributed by atoms with E-state index in [1.807, 2.05) is 72.8 Å². The third-order valence-corrected chi connectivity index (χ3v) is 8.24. The number of nitrogens with one attached hydrogen (secondary N) is 1. The highest BCUT2D eigenvalue weighted by Gasteiger charge is 2.33. The summed E-state index contributed by atoms with van der Waals surface area (Å²) in [6.45, 7) is 0.600. The number of nitrogens with zero attached hydrogens (tertiary/aromatic N) is 2. The number of hydrogen-bond donors (Lipinski definition) is 2. The first-order valence-electron chi connectivity index (χ1n) is 13.0. The van der Waals surface area contributed by atoms with Gasteiger partial charge in [-0.05, 0) is 27.8 Å². The predicted octanol–water partition coefficient (Wildman–Crippen LogP) is 7.58. The van der Waals surface area contributed by atoms with Crippen LogP contribution in [0.2, 0.25) is 10.3 Å². The molecule has 4 aromatic rings. The van der Waals surface area contributed by atoms with Crippen LogP contribution in [0.4, 0.5) is 0 Å². The highest BCUT2D eigenvalue weighted by molar-refractivity contribution is 6.76. The van der Waals surface area contributed by atoms with Crippen LogP contribution in [-0.4, -0.2) is 30.5 Å². The maximum absolute atomic E-state index is 12.1. The van der Waals surface area contributed by atoms with Gasteiger partial charge in [0.05, 0.1) is 31.7 Å². The summed E-state index contributed by atoms with van der Waals surface area (Å²) in [5.41, 5.74) is 5.34. The Morgan fingerprint density at radius 1 is 0.976 bits per heavy atom. The molecule has 0 radical (unpaired) electrons. The molecule has 1 aliphatic rings. The fourth-order valence-corrected chi connectivity index (χ4v) is 5.29. The minimum Gasteiger partial charge on any atom is -0.392 e. The highest BCUT2D eigenvalue weighted by Crippen LogP contribution is 2.39. The van der Waals surface area contributed by atoms with Gasteiger partial charge in [-0.1, -0.05) is 131 Å². The van der Waals surface area contributed by atoms with Gasteiger partial charge in [0.25, 0.3) is 9.70 Å². The first-order valence-corrected chi connectivity index (χ1v) is 14.9. The zero-order valence-electron chi connectivity index (χ0n) is 22.0. The van der Waals surface area contributed by atoms with Gasteiger partial charge in [0, 0.05) is 18.5 Å². The lowest BCUT2D eigenvalue weighted by Crippen LogP contribution is -2.34. The number of benzene rings is 3. The van der Waals surface area contributed by atoms with Gasteiger partial charge in [-0.2, -0.15) is 0 Å². The molecule has 1 saturated heterocycles. The molecule has 42 heavy (non-hydrogen) atoms. The van der Waals surface area contributed by atoms with E-state index in [0.717, 1.165) is 33.4 Å². The molecule has 7 nitrogen and oxygen atoms in total. The minimum absolute atomic E-state index is 0.0329. The Morgan fingerprint density at radius 3 is 2.31 bits per heavy atom. The molecule has 2 heterocycles. The van der Waals surface area contributed by atoms with Crippen LogP contribution in [0.5, 0.6) is 0 Å². The molecule has 220 valence electrons. The lowest BCUT2D eigenvalue weighted by molar-refractivity contribution is -0.252. The van der Waals surface area contributed by atoms with Crippen molar-refractivity contribution >= 4 is 63.9 Å². The highest BCUT2D eigenvalue weighted by atomic mass is 35.6. The van der Waals surface area contributed by atoms with Crippen molar-refractivity contribution in [2.24, 2.45) is 0 Å². The van der Waals surface area contributed by atoms with Crippen LogP contribution in [0, 0.1) is 0 Å². The average molecular weight is 670 g/mol. The minimum atomic E-state index is -2.04. The number of aliphatic hydroxyl groups excluding tert-OH is 1. The maximum atomic E-state index is 12.1. The molecule has 0 bridgehead atoms. The Bertz CT molecular complexity index is 1520. The third kappa shape index (κ3) is 7.41. The molecule has 0 unspecified atom stereocenters. The Morgan fingerprint density at radius 2 is 1.67 bits per heavy atom. The second-order valence-electron chi connectivity index (χ2n) is 9.79. The van der Waals surface area contributed by atoms with Gasteiger partial charge >= 0.3 is 0 Å². The number of carbonyl (C=O) groups is 1. The number of halogens is 5. The topological polar surface area (TPSA) is 85.6 Å². The fraction of sp³-hybridized carbons (Fsp3) is 0.267. The number of aromatic nitrogens is 2. The molecule has 0 saturated carbocycles. The lowest BCUT2D eigenvalue weighted by atomic mass is 9.97. The summed E-state index contributed by atoms with van der Waals surface area (Å²) in [7, 11) is 0. The molecule has 0 aliphatic carbocycles. The molecule has 1 amide bonds. The third-order valence-electron chi connectivity index (χ3n) is 6.96. The molecule has 5 rings (SSSR count).